The van der Waals surface area contributed by atoms with E-state index in [0.717, 1.165) is 12.1 Å². The van der Waals surface area contributed by atoms with Gasteiger partial charge in [0, 0.05) is 24.0 Å². The summed E-state index contributed by atoms with van der Waals surface area (Å²) in [6, 6.07) is 14.1. The highest BCUT2D eigenvalue weighted by Crippen LogP contribution is 2.12. The molecular weight excluding hydrogens is 320 g/mol. The molecule has 0 aliphatic heterocycles. The van der Waals surface area contributed by atoms with Gasteiger partial charge in [-0.1, -0.05) is 18.2 Å². The summed E-state index contributed by atoms with van der Waals surface area (Å²) in [7, 11) is 0. The highest BCUT2D eigenvalue weighted by molar-refractivity contribution is 7.09. The maximum absolute atomic E-state index is 10.3. The van der Waals surface area contributed by atoms with Crippen LogP contribution in [0.1, 0.15) is 29.9 Å². The Morgan fingerprint density at radius 3 is 2.58 bits per heavy atom. The van der Waals surface area contributed by atoms with E-state index in [0.29, 0.717) is 31.4 Å². The van der Waals surface area contributed by atoms with Gasteiger partial charge in [0.1, 0.15) is 0 Å². The molecule has 128 valence electrons. The lowest BCUT2D eigenvalue weighted by Crippen LogP contribution is -2.38. The fraction of sp³-hybridized carbons (Fsp3) is 0.421. The summed E-state index contributed by atoms with van der Waals surface area (Å²) in [5, 5.41) is 21.1. The Hall–Kier alpha value is -1.71. The molecule has 1 N–H and O–H groups in total. The number of hydrogen-bond donors (Lipinski definition) is 1. The van der Waals surface area contributed by atoms with Crippen LogP contribution in [-0.4, -0.2) is 35.3 Å². The van der Waals surface area contributed by atoms with E-state index in [-0.39, 0.29) is 0 Å². The van der Waals surface area contributed by atoms with Crippen molar-refractivity contribution in [1.82, 2.24) is 4.90 Å². The number of ether oxygens (including phenoxy) is 1. The van der Waals surface area contributed by atoms with Crippen molar-refractivity contribution in [2.24, 2.45) is 0 Å². The van der Waals surface area contributed by atoms with Gasteiger partial charge in [-0.15, -0.1) is 11.3 Å². The van der Waals surface area contributed by atoms with Gasteiger partial charge < -0.3 is 9.84 Å². The molecule has 0 saturated carbocycles. The van der Waals surface area contributed by atoms with Gasteiger partial charge in [-0.05, 0) is 43.0 Å². The molecule has 1 aromatic heterocycles. The van der Waals surface area contributed by atoms with Crippen molar-refractivity contribution < 1.29 is 9.84 Å². The zero-order valence-corrected chi connectivity index (χ0v) is 15.0. The van der Waals surface area contributed by atoms with E-state index in [1.165, 1.54) is 4.88 Å². The van der Waals surface area contributed by atoms with Gasteiger partial charge in [-0.3, -0.25) is 4.90 Å². The zero-order chi connectivity index (χ0) is 17.4. The third-order valence-corrected chi connectivity index (χ3v) is 4.63. The molecule has 0 aliphatic rings. The SMILES string of the molecule is CC(C)N(Cc1ccc(C#N)cc1)CC(O)COCc1cccs1. The van der Waals surface area contributed by atoms with E-state index in [2.05, 4.69) is 24.8 Å². The Kier molecular flexibility index (Phi) is 7.41. The first-order valence-electron chi connectivity index (χ1n) is 8.09. The molecule has 0 radical (unpaired) electrons. The number of rotatable bonds is 9. The Labute approximate surface area is 147 Å². The normalized spacial score (nSPS) is 12.5. The molecule has 4 nitrogen and oxygen atoms in total. The molecule has 2 aromatic rings. The van der Waals surface area contributed by atoms with Crippen LogP contribution < -0.4 is 0 Å². The van der Waals surface area contributed by atoms with Crippen LogP contribution in [0.25, 0.3) is 0 Å². The number of benzene rings is 1. The molecule has 0 aliphatic carbocycles. The molecule has 0 fully saturated rings. The maximum Gasteiger partial charge on any atom is 0.0991 e. The summed E-state index contributed by atoms with van der Waals surface area (Å²) < 4.78 is 5.60. The Morgan fingerprint density at radius 2 is 2.00 bits per heavy atom. The average molecular weight is 344 g/mol. The lowest BCUT2D eigenvalue weighted by molar-refractivity contribution is 0.00385. The van der Waals surface area contributed by atoms with E-state index in [4.69, 9.17) is 10.00 Å². The van der Waals surface area contributed by atoms with Crippen molar-refractivity contribution in [3.05, 3.63) is 57.8 Å². The summed E-state index contributed by atoms with van der Waals surface area (Å²) in [6.45, 7) is 6.40. The van der Waals surface area contributed by atoms with Gasteiger partial charge in [0.25, 0.3) is 0 Å². The molecule has 1 unspecified atom stereocenters. The molecule has 1 heterocycles. The van der Waals surface area contributed by atoms with Crippen LogP contribution in [0.5, 0.6) is 0 Å². The van der Waals surface area contributed by atoms with E-state index in [1.807, 2.05) is 41.8 Å². The van der Waals surface area contributed by atoms with Crippen molar-refractivity contribution >= 4 is 11.3 Å². The molecule has 1 aromatic carbocycles. The Morgan fingerprint density at radius 1 is 1.25 bits per heavy atom. The maximum atomic E-state index is 10.3. The summed E-state index contributed by atoms with van der Waals surface area (Å²) in [5.41, 5.74) is 1.80. The van der Waals surface area contributed by atoms with Gasteiger partial charge in [0.05, 0.1) is 31.0 Å². The van der Waals surface area contributed by atoms with Crippen LogP contribution in [0.15, 0.2) is 41.8 Å². The van der Waals surface area contributed by atoms with E-state index in [9.17, 15) is 5.11 Å². The number of thiophene rings is 1. The second-order valence-electron chi connectivity index (χ2n) is 6.08. The second kappa shape index (κ2) is 9.55. The summed E-state index contributed by atoms with van der Waals surface area (Å²) in [5.74, 6) is 0. The second-order valence-corrected chi connectivity index (χ2v) is 7.11. The summed E-state index contributed by atoms with van der Waals surface area (Å²) in [4.78, 5) is 3.38. The summed E-state index contributed by atoms with van der Waals surface area (Å²) >= 11 is 1.66. The predicted octanol–water partition coefficient (Wildman–Crippen LogP) is 3.41. The standard InChI is InChI=1S/C19H24N2O2S/c1-15(2)21(11-17-7-5-16(10-20)6-8-17)12-18(22)13-23-14-19-4-3-9-24-19/h3-9,15,18,22H,11-14H2,1-2H3. The number of nitrogens with zero attached hydrogens (tertiary/aromatic N) is 2. The molecule has 0 amide bonds. The lowest BCUT2D eigenvalue weighted by Gasteiger charge is -2.28. The monoisotopic (exact) mass is 344 g/mol. The first-order chi connectivity index (χ1) is 11.6. The van der Waals surface area contributed by atoms with Crippen LogP contribution >= 0.6 is 11.3 Å². The van der Waals surface area contributed by atoms with Crippen molar-refractivity contribution in [2.45, 2.75) is 39.1 Å². The number of hydrogen-bond acceptors (Lipinski definition) is 5. The highest BCUT2D eigenvalue weighted by atomic mass is 32.1. The quantitative estimate of drug-likeness (QED) is 0.757. The molecule has 2 rings (SSSR count). The molecule has 24 heavy (non-hydrogen) atoms. The Bertz CT molecular complexity index is 632. The average Bonchev–Trinajstić information content (AvgIpc) is 3.08. The largest absolute Gasteiger partial charge is 0.389 e. The van der Waals surface area contributed by atoms with Gasteiger partial charge in [-0.25, -0.2) is 0 Å². The smallest absolute Gasteiger partial charge is 0.0991 e. The van der Waals surface area contributed by atoms with Crippen LogP contribution in [0.2, 0.25) is 0 Å². The minimum atomic E-state index is -0.522. The minimum Gasteiger partial charge on any atom is -0.389 e. The minimum absolute atomic E-state index is 0.313. The van der Waals surface area contributed by atoms with Crippen molar-refractivity contribution in [3.63, 3.8) is 0 Å². The summed E-state index contributed by atoms with van der Waals surface area (Å²) in [6.07, 6.45) is -0.522. The van der Waals surface area contributed by atoms with Crippen LogP contribution in [0.4, 0.5) is 0 Å². The fourth-order valence-electron chi connectivity index (χ4n) is 2.39. The van der Waals surface area contributed by atoms with E-state index in [1.54, 1.807) is 11.3 Å². The third-order valence-electron chi connectivity index (χ3n) is 3.78. The van der Waals surface area contributed by atoms with Crippen LogP contribution in [0, 0.1) is 11.3 Å². The zero-order valence-electron chi connectivity index (χ0n) is 14.2. The molecule has 0 spiro atoms. The van der Waals surface area contributed by atoms with Gasteiger partial charge >= 0.3 is 0 Å². The van der Waals surface area contributed by atoms with Crippen LogP contribution in [0.3, 0.4) is 0 Å². The van der Waals surface area contributed by atoms with E-state index < -0.39 is 6.10 Å². The molecule has 1 atom stereocenters. The van der Waals surface area contributed by atoms with Crippen molar-refractivity contribution in [2.75, 3.05) is 13.2 Å². The molecular formula is C19H24N2O2S. The van der Waals surface area contributed by atoms with Crippen molar-refractivity contribution in [3.8, 4) is 6.07 Å². The molecule has 0 saturated heterocycles. The first-order valence-corrected chi connectivity index (χ1v) is 8.97. The highest BCUT2D eigenvalue weighted by Gasteiger charge is 2.15. The number of aliphatic hydroxyl groups is 1. The topological polar surface area (TPSA) is 56.5 Å². The fourth-order valence-corrected chi connectivity index (χ4v) is 3.03. The number of aliphatic hydroxyl groups excluding tert-OH is 1. The molecule has 0 bridgehead atoms. The third kappa shape index (κ3) is 6.06. The van der Waals surface area contributed by atoms with Crippen molar-refractivity contribution in [1.29, 1.82) is 5.26 Å². The van der Waals surface area contributed by atoms with Gasteiger partial charge in [0.15, 0.2) is 0 Å². The van der Waals surface area contributed by atoms with E-state index >= 15 is 0 Å². The lowest BCUT2D eigenvalue weighted by atomic mass is 10.1. The van der Waals surface area contributed by atoms with Gasteiger partial charge in [-0.2, -0.15) is 5.26 Å². The van der Waals surface area contributed by atoms with Crippen LogP contribution in [-0.2, 0) is 17.9 Å². The van der Waals surface area contributed by atoms with Gasteiger partial charge in [0.2, 0.25) is 0 Å². The molecule has 5 heteroatoms. The number of nitriles is 1. The first kappa shape index (κ1) is 18.6. The predicted molar refractivity (Wildman–Crippen MR) is 96.7 cm³/mol. The Balaban J connectivity index is 1.81.